The van der Waals surface area contributed by atoms with Crippen molar-refractivity contribution in [2.75, 3.05) is 7.11 Å². The first-order valence-electron chi connectivity index (χ1n) is 7.65. The Labute approximate surface area is 145 Å². The summed E-state index contributed by atoms with van der Waals surface area (Å²) in [5.41, 5.74) is 8.62. The summed E-state index contributed by atoms with van der Waals surface area (Å²) in [5, 5.41) is 11.8. The van der Waals surface area contributed by atoms with Crippen molar-refractivity contribution in [3.63, 3.8) is 0 Å². The van der Waals surface area contributed by atoms with Gasteiger partial charge in [-0.3, -0.25) is 0 Å². The number of benzene rings is 2. The quantitative estimate of drug-likeness (QED) is 0.422. The molecule has 0 radical (unpaired) electrons. The predicted molar refractivity (Wildman–Crippen MR) is 93.0 cm³/mol. The van der Waals surface area contributed by atoms with Crippen LogP contribution in [0.25, 0.3) is 11.5 Å². The molecule has 0 saturated heterocycles. The van der Waals surface area contributed by atoms with Crippen molar-refractivity contribution in [3.05, 3.63) is 65.5 Å². The lowest BCUT2D eigenvalue weighted by Crippen LogP contribution is -2.13. The van der Waals surface area contributed by atoms with E-state index in [4.69, 9.17) is 19.7 Å². The Kier molecular flexibility index (Phi) is 4.94. The average Bonchev–Trinajstić information content (AvgIpc) is 3.11. The van der Waals surface area contributed by atoms with Gasteiger partial charge in [-0.05, 0) is 43.3 Å². The minimum atomic E-state index is 0.0374. The molecule has 0 fully saturated rings. The predicted octanol–water partition coefficient (Wildman–Crippen LogP) is 2.89. The highest BCUT2D eigenvalue weighted by Gasteiger charge is 2.09. The molecular formula is C18H18N4O3. The molecule has 0 saturated carbocycles. The van der Waals surface area contributed by atoms with Crippen LogP contribution < -0.4 is 10.5 Å². The van der Waals surface area contributed by atoms with Crippen LogP contribution in [0.15, 0.2) is 58.1 Å². The van der Waals surface area contributed by atoms with Gasteiger partial charge in [0.1, 0.15) is 5.75 Å². The molecule has 25 heavy (non-hydrogen) atoms. The second kappa shape index (κ2) is 7.48. The Balaban J connectivity index is 1.60. The molecule has 7 nitrogen and oxygen atoms in total. The molecule has 3 aromatic rings. The number of hydrogen-bond donors (Lipinski definition) is 1. The standard InChI is InChI=1S/C18H18N4O3/c1-12-3-5-14(6-4-12)18-21-20-16(25-18)11-24-22-17(19)13-7-9-15(23-2)10-8-13/h3-10H,11H2,1-2H3,(H2,19,22). The van der Waals surface area contributed by atoms with Gasteiger partial charge in [0, 0.05) is 11.1 Å². The Morgan fingerprint density at radius 2 is 1.80 bits per heavy atom. The Morgan fingerprint density at radius 1 is 1.08 bits per heavy atom. The fraction of sp³-hybridized carbons (Fsp3) is 0.167. The Morgan fingerprint density at radius 3 is 2.48 bits per heavy atom. The van der Waals surface area contributed by atoms with E-state index in [9.17, 15) is 0 Å². The third-order valence-corrected chi connectivity index (χ3v) is 3.50. The Hall–Kier alpha value is -3.35. The summed E-state index contributed by atoms with van der Waals surface area (Å²) < 4.78 is 10.6. The molecule has 2 aromatic carbocycles. The van der Waals surface area contributed by atoms with Crippen LogP contribution in [0, 0.1) is 6.92 Å². The number of aryl methyl sites for hydroxylation is 1. The van der Waals surface area contributed by atoms with E-state index in [-0.39, 0.29) is 12.4 Å². The second-order valence-corrected chi connectivity index (χ2v) is 5.35. The molecule has 1 heterocycles. The van der Waals surface area contributed by atoms with Crippen LogP contribution in [0.5, 0.6) is 5.75 Å². The van der Waals surface area contributed by atoms with Gasteiger partial charge in [0.15, 0.2) is 12.4 Å². The smallest absolute Gasteiger partial charge is 0.257 e. The SMILES string of the molecule is COc1ccc(/C(N)=N/OCc2nnc(-c3ccc(C)cc3)o2)cc1. The van der Waals surface area contributed by atoms with E-state index >= 15 is 0 Å². The van der Waals surface area contributed by atoms with Crippen LogP contribution in [0.3, 0.4) is 0 Å². The topological polar surface area (TPSA) is 95.8 Å². The van der Waals surface area contributed by atoms with Gasteiger partial charge in [-0.2, -0.15) is 0 Å². The molecule has 2 N–H and O–H groups in total. The number of rotatable bonds is 6. The summed E-state index contributed by atoms with van der Waals surface area (Å²) in [4.78, 5) is 5.20. The molecule has 128 valence electrons. The molecular weight excluding hydrogens is 320 g/mol. The fourth-order valence-electron chi connectivity index (χ4n) is 2.10. The van der Waals surface area contributed by atoms with Gasteiger partial charge < -0.3 is 19.7 Å². The van der Waals surface area contributed by atoms with Gasteiger partial charge >= 0.3 is 0 Å². The van der Waals surface area contributed by atoms with Crippen LogP contribution in [-0.4, -0.2) is 23.1 Å². The normalized spacial score (nSPS) is 11.4. The number of nitrogens with two attached hydrogens (primary N) is 1. The largest absolute Gasteiger partial charge is 0.497 e. The minimum Gasteiger partial charge on any atom is -0.497 e. The van der Waals surface area contributed by atoms with Crippen molar-refractivity contribution >= 4 is 5.84 Å². The van der Waals surface area contributed by atoms with E-state index in [1.54, 1.807) is 31.4 Å². The number of nitrogens with zero attached hydrogens (tertiary/aromatic N) is 3. The fourth-order valence-corrected chi connectivity index (χ4v) is 2.10. The molecule has 0 aliphatic heterocycles. The molecule has 0 aliphatic rings. The van der Waals surface area contributed by atoms with Crippen molar-refractivity contribution in [1.29, 1.82) is 0 Å². The van der Waals surface area contributed by atoms with Crippen LogP contribution >= 0.6 is 0 Å². The number of hydrogen-bond acceptors (Lipinski definition) is 6. The van der Waals surface area contributed by atoms with E-state index in [0.717, 1.165) is 22.4 Å². The highest BCUT2D eigenvalue weighted by molar-refractivity contribution is 5.97. The lowest BCUT2D eigenvalue weighted by atomic mass is 10.1. The molecule has 0 spiro atoms. The highest BCUT2D eigenvalue weighted by Crippen LogP contribution is 2.18. The van der Waals surface area contributed by atoms with E-state index in [2.05, 4.69) is 15.4 Å². The maximum Gasteiger partial charge on any atom is 0.257 e. The summed E-state index contributed by atoms with van der Waals surface area (Å²) in [6.45, 7) is 2.05. The van der Waals surface area contributed by atoms with Crippen LogP contribution in [0.4, 0.5) is 0 Å². The zero-order valence-corrected chi connectivity index (χ0v) is 14.0. The minimum absolute atomic E-state index is 0.0374. The molecule has 0 atom stereocenters. The summed E-state index contributed by atoms with van der Waals surface area (Å²) in [6.07, 6.45) is 0. The van der Waals surface area contributed by atoms with E-state index in [1.165, 1.54) is 0 Å². The first-order chi connectivity index (χ1) is 12.2. The molecule has 0 amide bonds. The van der Waals surface area contributed by atoms with Gasteiger partial charge in [0.05, 0.1) is 7.11 Å². The van der Waals surface area contributed by atoms with Gasteiger partial charge in [-0.15, -0.1) is 10.2 Å². The van der Waals surface area contributed by atoms with E-state index in [1.807, 2.05) is 31.2 Å². The van der Waals surface area contributed by atoms with Crippen molar-refractivity contribution in [2.24, 2.45) is 10.9 Å². The molecule has 1 aromatic heterocycles. The molecule has 0 unspecified atom stereocenters. The summed E-state index contributed by atoms with van der Waals surface area (Å²) >= 11 is 0. The maximum absolute atomic E-state index is 5.88. The number of ether oxygens (including phenoxy) is 1. The zero-order valence-electron chi connectivity index (χ0n) is 14.0. The third-order valence-electron chi connectivity index (χ3n) is 3.50. The van der Waals surface area contributed by atoms with Gasteiger partial charge in [-0.1, -0.05) is 22.9 Å². The summed E-state index contributed by atoms with van der Waals surface area (Å²) in [6, 6.07) is 15.0. The van der Waals surface area contributed by atoms with Gasteiger partial charge in [-0.25, -0.2) is 0 Å². The molecule has 3 rings (SSSR count). The first-order valence-corrected chi connectivity index (χ1v) is 7.65. The second-order valence-electron chi connectivity index (χ2n) is 5.35. The first kappa shape index (κ1) is 16.5. The highest BCUT2D eigenvalue weighted by atomic mass is 16.6. The van der Waals surface area contributed by atoms with Crippen molar-refractivity contribution in [1.82, 2.24) is 10.2 Å². The van der Waals surface area contributed by atoms with Crippen LogP contribution in [-0.2, 0) is 11.4 Å². The number of oxime groups is 1. The van der Waals surface area contributed by atoms with Crippen molar-refractivity contribution < 1.29 is 14.0 Å². The van der Waals surface area contributed by atoms with Gasteiger partial charge in [0.25, 0.3) is 5.89 Å². The third kappa shape index (κ3) is 4.14. The van der Waals surface area contributed by atoms with Crippen molar-refractivity contribution in [2.45, 2.75) is 13.5 Å². The Bertz CT molecular complexity index is 855. The monoisotopic (exact) mass is 338 g/mol. The molecule has 0 aliphatic carbocycles. The lowest BCUT2D eigenvalue weighted by molar-refractivity contribution is 0.111. The summed E-state index contributed by atoms with van der Waals surface area (Å²) in [7, 11) is 1.60. The van der Waals surface area contributed by atoms with Crippen LogP contribution in [0.2, 0.25) is 0 Å². The van der Waals surface area contributed by atoms with Gasteiger partial charge in [0.2, 0.25) is 5.89 Å². The van der Waals surface area contributed by atoms with E-state index in [0.29, 0.717) is 11.8 Å². The number of methoxy groups -OCH3 is 1. The maximum atomic E-state index is 5.88. The van der Waals surface area contributed by atoms with Crippen molar-refractivity contribution in [3.8, 4) is 17.2 Å². The van der Waals surface area contributed by atoms with Crippen LogP contribution in [0.1, 0.15) is 17.0 Å². The zero-order chi connectivity index (χ0) is 17.6. The number of amidine groups is 1. The molecule has 0 bridgehead atoms. The average molecular weight is 338 g/mol. The lowest BCUT2D eigenvalue weighted by Gasteiger charge is -2.02. The number of aromatic nitrogens is 2. The van der Waals surface area contributed by atoms with E-state index < -0.39 is 0 Å². The summed E-state index contributed by atoms with van der Waals surface area (Å²) in [5.74, 6) is 1.75. The molecule has 7 heteroatoms.